The van der Waals surface area contributed by atoms with E-state index in [1.807, 2.05) is 49.4 Å². The first-order chi connectivity index (χ1) is 7.81. The van der Waals surface area contributed by atoms with Crippen LogP contribution in [0.25, 0.3) is 0 Å². The summed E-state index contributed by atoms with van der Waals surface area (Å²) >= 11 is 0. The smallest absolute Gasteiger partial charge is 0.135 e. The molecule has 0 fully saturated rings. The molecular weight excluding hydrogens is 200 g/mol. The van der Waals surface area contributed by atoms with E-state index in [2.05, 4.69) is 10.1 Å². The van der Waals surface area contributed by atoms with Gasteiger partial charge in [-0.15, -0.1) is 0 Å². The fourth-order valence-electron chi connectivity index (χ4n) is 1.55. The Morgan fingerprint density at radius 1 is 1.19 bits per heavy atom. The SMILES string of the molecule is Cc1cccc(C(=NO)c2ccccn2)c1. The molecule has 0 saturated carbocycles. The first kappa shape index (κ1) is 10.4. The van der Waals surface area contributed by atoms with Crippen LogP contribution in [0.5, 0.6) is 0 Å². The van der Waals surface area contributed by atoms with Gasteiger partial charge in [-0.05, 0) is 25.1 Å². The summed E-state index contributed by atoms with van der Waals surface area (Å²) in [6.07, 6.45) is 1.68. The molecule has 1 heterocycles. The first-order valence-electron chi connectivity index (χ1n) is 5.02. The van der Waals surface area contributed by atoms with Gasteiger partial charge in [0.25, 0.3) is 0 Å². The van der Waals surface area contributed by atoms with E-state index >= 15 is 0 Å². The van der Waals surface area contributed by atoms with Crippen molar-refractivity contribution in [2.24, 2.45) is 5.16 Å². The predicted molar refractivity (Wildman–Crippen MR) is 62.8 cm³/mol. The van der Waals surface area contributed by atoms with Gasteiger partial charge in [-0.25, -0.2) is 0 Å². The van der Waals surface area contributed by atoms with Gasteiger partial charge in [0.05, 0.1) is 5.69 Å². The second-order valence-corrected chi connectivity index (χ2v) is 3.53. The molecule has 3 nitrogen and oxygen atoms in total. The van der Waals surface area contributed by atoms with Gasteiger partial charge in [-0.1, -0.05) is 35.0 Å². The van der Waals surface area contributed by atoms with Crippen molar-refractivity contribution in [3.63, 3.8) is 0 Å². The summed E-state index contributed by atoms with van der Waals surface area (Å²) in [5, 5.41) is 12.4. The Kier molecular flexibility index (Phi) is 2.96. The van der Waals surface area contributed by atoms with Crippen molar-refractivity contribution in [1.82, 2.24) is 4.98 Å². The molecule has 1 aromatic carbocycles. The minimum Gasteiger partial charge on any atom is -0.410 e. The Hall–Kier alpha value is -2.16. The number of rotatable bonds is 2. The lowest BCUT2D eigenvalue weighted by atomic mass is 10.0. The van der Waals surface area contributed by atoms with Crippen LogP contribution >= 0.6 is 0 Å². The molecule has 0 bridgehead atoms. The highest BCUT2D eigenvalue weighted by Gasteiger charge is 2.08. The first-order valence-corrected chi connectivity index (χ1v) is 5.02. The zero-order valence-corrected chi connectivity index (χ0v) is 8.96. The van der Waals surface area contributed by atoms with Crippen molar-refractivity contribution in [2.45, 2.75) is 6.92 Å². The topological polar surface area (TPSA) is 45.5 Å². The Morgan fingerprint density at radius 3 is 2.69 bits per heavy atom. The summed E-state index contributed by atoms with van der Waals surface area (Å²) in [6.45, 7) is 2.00. The molecule has 0 aliphatic rings. The van der Waals surface area contributed by atoms with Gasteiger partial charge in [0, 0.05) is 11.8 Å². The van der Waals surface area contributed by atoms with Crippen molar-refractivity contribution in [3.05, 3.63) is 65.5 Å². The van der Waals surface area contributed by atoms with E-state index in [0.29, 0.717) is 11.4 Å². The lowest BCUT2D eigenvalue weighted by molar-refractivity contribution is 0.319. The Labute approximate surface area is 94.1 Å². The van der Waals surface area contributed by atoms with E-state index in [4.69, 9.17) is 5.21 Å². The van der Waals surface area contributed by atoms with Gasteiger partial charge in [-0.2, -0.15) is 0 Å². The molecule has 16 heavy (non-hydrogen) atoms. The quantitative estimate of drug-likeness (QED) is 0.472. The summed E-state index contributed by atoms with van der Waals surface area (Å²) in [6, 6.07) is 13.3. The third-order valence-corrected chi connectivity index (χ3v) is 2.30. The summed E-state index contributed by atoms with van der Waals surface area (Å²) in [4.78, 5) is 4.17. The number of hydrogen-bond acceptors (Lipinski definition) is 3. The van der Waals surface area contributed by atoms with E-state index in [0.717, 1.165) is 11.1 Å². The van der Waals surface area contributed by atoms with Crippen LogP contribution in [0, 0.1) is 6.92 Å². The van der Waals surface area contributed by atoms with Crippen molar-refractivity contribution >= 4 is 5.71 Å². The molecule has 2 aromatic rings. The number of aromatic nitrogens is 1. The molecule has 0 radical (unpaired) electrons. The van der Waals surface area contributed by atoms with Crippen LogP contribution in [0.15, 0.2) is 53.8 Å². The lowest BCUT2D eigenvalue weighted by Crippen LogP contribution is -2.05. The van der Waals surface area contributed by atoms with Gasteiger partial charge < -0.3 is 5.21 Å². The third kappa shape index (κ3) is 2.08. The molecule has 80 valence electrons. The highest BCUT2D eigenvalue weighted by atomic mass is 16.4. The molecule has 1 N–H and O–H groups in total. The molecule has 0 unspecified atom stereocenters. The second kappa shape index (κ2) is 4.57. The largest absolute Gasteiger partial charge is 0.410 e. The number of hydrogen-bond donors (Lipinski definition) is 1. The van der Waals surface area contributed by atoms with Crippen LogP contribution < -0.4 is 0 Å². The maximum Gasteiger partial charge on any atom is 0.135 e. The zero-order valence-electron chi connectivity index (χ0n) is 8.96. The predicted octanol–water partition coefficient (Wildman–Crippen LogP) is 2.62. The van der Waals surface area contributed by atoms with Gasteiger partial charge >= 0.3 is 0 Å². The highest BCUT2D eigenvalue weighted by molar-refractivity contribution is 6.11. The molecule has 0 aliphatic heterocycles. The molecule has 0 amide bonds. The molecule has 0 atom stereocenters. The Balaban J connectivity index is 2.46. The van der Waals surface area contributed by atoms with E-state index in [-0.39, 0.29) is 0 Å². The van der Waals surface area contributed by atoms with Crippen LogP contribution in [0.2, 0.25) is 0 Å². The normalized spacial score (nSPS) is 11.4. The standard InChI is InChI=1S/C13H12N2O/c1-10-5-4-6-11(9-10)13(15-16)12-7-2-3-8-14-12/h2-9,16H,1H3. The van der Waals surface area contributed by atoms with E-state index in [1.165, 1.54) is 0 Å². The zero-order chi connectivity index (χ0) is 11.4. The van der Waals surface area contributed by atoms with Gasteiger partial charge in [0.1, 0.15) is 5.71 Å². The number of pyridine rings is 1. The number of nitrogens with zero attached hydrogens (tertiary/aromatic N) is 2. The fraction of sp³-hybridized carbons (Fsp3) is 0.0769. The van der Waals surface area contributed by atoms with E-state index in [9.17, 15) is 0 Å². The molecule has 2 rings (SSSR count). The van der Waals surface area contributed by atoms with Crippen LogP contribution in [0.1, 0.15) is 16.8 Å². The number of benzene rings is 1. The third-order valence-electron chi connectivity index (χ3n) is 2.30. The van der Waals surface area contributed by atoms with Crippen molar-refractivity contribution in [2.75, 3.05) is 0 Å². The van der Waals surface area contributed by atoms with Crippen molar-refractivity contribution in [3.8, 4) is 0 Å². The number of aryl methyl sites for hydroxylation is 1. The van der Waals surface area contributed by atoms with E-state index in [1.54, 1.807) is 6.20 Å². The highest BCUT2D eigenvalue weighted by Crippen LogP contribution is 2.10. The average molecular weight is 212 g/mol. The minimum atomic E-state index is 0.490. The van der Waals surface area contributed by atoms with Crippen molar-refractivity contribution < 1.29 is 5.21 Å². The maximum absolute atomic E-state index is 9.07. The van der Waals surface area contributed by atoms with Crippen LogP contribution in [0.3, 0.4) is 0 Å². The monoisotopic (exact) mass is 212 g/mol. The van der Waals surface area contributed by atoms with Gasteiger partial charge in [0.2, 0.25) is 0 Å². The summed E-state index contributed by atoms with van der Waals surface area (Å²) in [7, 11) is 0. The van der Waals surface area contributed by atoms with E-state index < -0.39 is 0 Å². The lowest BCUT2D eigenvalue weighted by Gasteiger charge is -2.04. The van der Waals surface area contributed by atoms with Crippen molar-refractivity contribution in [1.29, 1.82) is 0 Å². The molecule has 0 aliphatic carbocycles. The average Bonchev–Trinajstić information content (AvgIpc) is 2.31. The molecule has 1 aromatic heterocycles. The second-order valence-electron chi connectivity index (χ2n) is 3.53. The minimum absolute atomic E-state index is 0.490. The van der Waals surface area contributed by atoms with Crippen LogP contribution in [-0.4, -0.2) is 15.9 Å². The molecule has 3 heteroatoms. The van der Waals surface area contributed by atoms with Gasteiger partial charge in [0.15, 0.2) is 0 Å². The van der Waals surface area contributed by atoms with Gasteiger partial charge in [-0.3, -0.25) is 4.98 Å². The maximum atomic E-state index is 9.07. The molecule has 0 saturated heterocycles. The summed E-state index contributed by atoms with van der Waals surface area (Å²) in [5.41, 5.74) is 3.13. The van der Waals surface area contributed by atoms with Crippen LogP contribution in [0.4, 0.5) is 0 Å². The number of oxime groups is 1. The fourth-order valence-corrected chi connectivity index (χ4v) is 1.55. The Bertz CT molecular complexity index is 506. The molecule has 0 spiro atoms. The Morgan fingerprint density at radius 2 is 2.06 bits per heavy atom. The summed E-state index contributed by atoms with van der Waals surface area (Å²) < 4.78 is 0. The summed E-state index contributed by atoms with van der Waals surface area (Å²) in [5.74, 6) is 0. The molecular formula is C13H12N2O. The van der Waals surface area contributed by atoms with Crippen LogP contribution in [-0.2, 0) is 0 Å².